The van der Waals surface area contributed by atoms with Crippen molar-refractivity contribution < 1.29 is 24.0 Å². The molecule has 1 aliphatic rings. The highest BCUT2D eigenvalue weighted by Gasteiger charge is 2.47. The number of nitrogens with one attached hydrogen (secondary N) is 3. The van der Waals surface area contributed by atoms with Crippen LogP contribution in [0.2, 0.25) is 0 Å². The fraction of sp³-hybridized carbons (Fsp3) is 0.348. The maximum Gasteiger partial charge on any atom is 0.278 e. The van der Waals surface area contributed by atoms with Gasteiger partial charge in [0.15, 0.2) is 5.54 Å². The Kier molecular flexibility index (Phi) is 6.98. The minimum atomic E-state index is -1.94. The Morgan fingerprint density at radius 2 is 1.81 bits per heavy atom. The van der Waals surface area contributed by atoms with E-state index in [1.807, 2.05) is 6.07 Å². The third kappa shape index (κ3) is 4.99. The number of likely N-dealkylation sites (N-methyl/N-ethyl adjacent to an activating group) is 2. The molecular weight excluding hydrogens is 412 g/mol. The van der Waals surface area contributed by atoms with Gasteiger partial charge in [-0.05, 0) is 50.1 Å². The van der Waals surface area contributed by atoms with Crippen LogP contribution in [-0.4, -0.2) is 53.5 Å². The van der Waals surface area contributed by atoms with Crippen LogP contribution < -0.4 is 16.1 Å². The molecule has 0 saturated heterocycles. The number of hydrogen-bond donors (Lipinski definition) is 4. The Hall–Kier alpha value is -3.61. The molecule has 1 aliphatic carbocycles. The fourth-order valence-electron chi connectivity index (χ4n) is 3.07. The summed E-state index contributed by atoms with van der Waals surface area (Å²) < 4.78 is 5.50. The minimum absolute atomic E-state index is 0.260. The van der Waals surface area contributed by atoms with Crippen molar-refractivity contribution in [2.24, 2.45) is 0 Å². The zero-order chi connectivity index (χ0) is 23.3. The normalized spacial score (nSPS) is 14.5. The summed E-state index contributed by atoms with van der Waals surface area (Å²) in [6.07, 6.45) is 4.03. The highest BCUT2D eigenvalue weighted by molar-refractivity contribution is 6.12. The quantitative estimate of drug-likeness (QED) is 0.221. The molecule has 1 heterocycles. The predicted octanol–water partition coefficient (Wildman–Crippen LogP) is 1.01. The first-order valence-electron chi connectivity index (χ1n) is 10.2. The van der Waals surface area contributed by atoms with Gasteiger partial charge < -0.3 is 20.0 Å². The van der Waals surface area contributed by atoms with Crippen LogP contribution in [-0.2, 0) is 16.1 Å². The molecule has 0 unspecified atom stereocenters. The average Bonchev–Trinajstić information content (AvgIpc) is 3.55. The molecule has 4 N–H and O–H groups in total. The second kappa shape index (κ2) is 9.68. The molecule has 0 aliphatic heterocycles. The van der Waals surface area contributed by atoms with E-state index in [9.17, 15) is 14.4 Å². The van der Waals surface area contributed by atoms with Gasteiger partial charge in [0.1, 0.15) is 12.0 Å². The minimum Gasteiger partial charge on any atom is -0.467 e. The van der Waals surface area contributed by atoms with Crippen molar-refractivity contribution in [2.45, 2.75) is 37.9 Å². The molecule has 1 saturated carbocycles. The lowest BCUT2D eigenvalue weighted by molar-refractivity contribution is -0.148. The van der Waals surface area contributed by atoms with Gasteiger partial charge in [-0.3, -0.25) is 19.6 Å². The number of carbonyl (C=O) groups is 3. The zero-order valence-corrected chi connectivity index (χ0v) is 18.2. The Morgan fingerprint density at radius 3 is 2.41 bits per heavy atom. The van der Waals surface area contributed by atoms with Gasteiger partial charge in [0.2, 0.25) is 0 Å². The number of furan rings is 1. The van der Waals surface area contributed by atoms with Crippen molar-refractivity contribution in [3.8, 4) is 11.8 Å². The van der Waals surface area contributed by atoms with Crippen LogP contribution >= 0.6 is 0 Å². The lowest BCUT2D eigenvalue weighted by Gasteiger charge is -2.34. The van der Waals surface area contributed by atoms with Crippen molar-refractivity contribution >= 4 is 17.7 Å². The average molecular weight is 438 g/mol. The van der Waals surface area contributed by atoms with Gasteiger partial charge in [-0.1, -0.05) is 11.8 Å². The summed E-state index contributed by atoms with van der Waals surface area (Å²) in [7, 11) is 2.65. The first kappa shape index (κ1) is 23.1. The van der Waals surface area contributed by atoms with Crippen LogP contribution in [0.1, 0.15) is 47.0 Å². The number of nitrogens with zero attached hydrogens (tertiary/aromatic N) is 1. The molecule has 168 valence electrons. The summed E-state index contributed by atoms with van der Waals surface area (Å²) in [5.41, 5.74) is 1.21. The van der Waals surface area contributed by atoms with Crippen LogP contribution in [0.4, 0.5) is 0 Å². The number of rotatable bonds is 7. The maximum absolute atomic E-state index is 12.9. The summed E-state index contributed by atoms with van der Waals surface area (Å²) in [6.45, 7) is 1.93. The highest BCUT2D eigenvalue weighted by atomic mass is 16.5. The summed E-state index contributed by atoms with van der Waals surface area (Å²) in [5, 5.41) is 14.7. The molecule has 0 spiro atoms. The Labute approximate surface area is 186 Å². The van der Waals surface area contributed by atoms with Crippen molar-refractivity contribution in [1.29, 1.82) is 0 Å². The molecule has 1 aromatic carbocycles. The molecule has 9 heteroatoms. The van der Waals surface area contributed by atoms with E-state index in [2.05, 4.69) is 22.5 Å². The van der Waals surface area contributed by atoms with Gasteiger partial charge in [0, 0.05) is 31.3 Å². The van der Waals surface area contributed by atoms with Crippen LogP contribution in [0, 0.1) is 11.8 Å². The molecule has 0 bridgehead atoms. The Morgan fingerprint density at radius 1 is 1.16 bits per heavy atom. The van der Waals surface area contributed by atoms with Crippen LogP contribution in [0.5, 0.6) is 0 Å². The van der Waals surface area contributed by atoms with Crippen molar-refractivity contribution in [1.82, 2.24) is 21.0 Å². The smallest absolute Gasteiger partial charge is 0.278 e. The SMILES string of the molecule is CNC(=O)[C@@](C)(C(=O)NO)N(C)C(=O)c1ccc(C#Cc2coc(CNC3CC3)c2)cc1. The standard InChI is InChI=1S/C23H26N4O5/c1-23(21(29)24-2,22(30)26-31)27(3)20(28)17-8-6-15(7-9-17)4-5-16-12-19(32-14-16)13-25-18-10-11-18/h6-9,12,14,18,25,31H,10-11,13H2,1-3H3,(H,24,29)(H,26,30)/t23-/m0/s1. The summed E-state index contributed by atoms with van der Waals surface area (Å²) in [5.74, 6) is 4.53. The maximum atomic E-state index is 12.9. The molecule has 9 nitrogen and oxygen atoms in total. The number of benzene rings is 1. The zero-order valence-electron chi connectivity index (χ0n) is 18.2. The topological polar surface area (TPSA) is 124 Å². The molecule has 2 aromatic rings. The van der Waals surface area contributed by atoms with E-state index < -0.39 is 23.3 Å². The Bertz CT molecular complexity index is 1040. The lowest BCUT2D eigenvalue weighted by atomic mass is 9.96. The largest absolute Gasteiger partial charge is 0.467 e. The summed E-state index contributed by atoms with van der Waals surface area (Å²) >= 11 is 0. The highest BCUT2D eigenvalue weighted by Crippen LogP contribution is 2.20. The van der Waals surface area contributed by atoms with Crippen molar-refractivity contribution in [3.05, 3.63) is 59.0 Å². The van der Waals surface area contributed by atoms with E-state index in [-0.39, 0.29) is 5.56 Å². The monoisotopic (exact) mass is 438 g/mol. The number of hydroxylamine groups is 1. The van der Waals surface area contributed by atoms with Gasteiger partial charge >= 0.3 is 0 Å². The molecule has 1 atom stereocenters. The Balaban J connectivity index is 1.69. The fourth-order valence-corrected chi connectivity index (χ4v) is 3.07. The van der Waals surface area contributed by atoms with Gasteiger partial charge in [0.25, 0.3) is 17.7 Å². The van der Waals surface area contributed by atoms with Crippen LogP contribution in [0.15, 0.2) is 41.0 Å². The van der Waals surface area contributed by atoms with E-state index >= 15 is 0 Å². The second-order valence-corrected chi connectivity index (χ2v) is 7.74. The van der Waals surface area contributed by atoms with E-state index in [4.69, 9.17) is 9.62 Å². The molecule has 0 radical (unpaired) electrons. The second-order valence-electron chi connectivity index (χ2n) is 7.74. The van der Waals surface area contributed by atoms with Gasteiger partial charge in [0.05, 0.1) is 12.1 Å². The molecule has 1 fully saturated rings. The molecular formula is C23H26N4O5. The molecule has 3 amide bonds. The van der Waals surface area contributed by atoms with Crippen molar-refractivity contribution in [2.75, 3.05) is 14.1 Å². The number of carbonyl (C=O) groups excluding carboxylic acids is 3. The van der Waals surface area contributed by atoms with E-state index in [0.717, 1.165) is 16.2 Å². The van der Waals surface area contributed by atoms with E-state index in [0.29, 0.717) is 18.2 Å². The predicted molar refractivity (Wildman–Crippen MR) is 115 cm³/mol. The first-order chi connectivity index (χ1) is 15.3. The van der Waals surface area contributed by atoms with Crippen molar-refractivity contribution in [3.63, 3.8) is 0 Å². The third-order valence-corrected chi connectivity index (χ3v) is 5.47. The molecule has 1 aromatic heterocycles. The number of amides is 3. The van der Waals surface area contributed by atoms with Gasteiger partial charge in [-0.15, -0.1) is 0 Å². The van der Waals surface area contributed by atoms with Gasteiger partial charge in [-0.2, -0.15) is 0 Å². The lowest BCUT2D eigenvalue weighted by Crippen LogP contribution is -2.64. The summed E-state index contributed by atoms with van der Waals surface area (Å²) in [4.78, 5) is 38.2. The summed E-state index contributed by atoms with van der Waals surface area (Å²) in [6, 6.07) is 8.96. The first-order valence-corrected chi connectivity index (χ1v) is 10.2. The van der Waals surface area contributed by atoms with Gasteiger partial charge in [-0.25, -0.2) is 5.48 Å². The van der Waals surface area contributed by atoms with Crippen LogP contribution in [0.25, 0.3) is 0 Å². The third-order valence-electron chi connectivity index (χ3n) is 5.47. The molecule has 32 heavy (non-hydrogen) atoms. The number of hydrogen-bond acceptors (Lipinski definition) is 6. The van der Waals surface area contributed by atoms with E-state index in [1.165, 1.54) is 39.3 Å². The molecule has 3 rings (SSSR count). The van der Waals surface area contributed by atoms with E-state index in [1.54, 1.807) is 30.5 Å². The van der Waals surface area contributed by atoms with Crippen LogP contribution in [0.3, 0.4) is 0 Å².